The van der Waals surface area contributed by atoms with Crippen LogP contribution in [0.1, 0.15) is 16.8 Å². The van der Waals surface area contributed by atoms with E-state index in [1.165, 1.54) is 5.56 Å². The molecule has 0 radical (unpaired) electrons. The summed E-state index contributed by atoms with van der Waals surface area (Å²) in [5.74, 6) is 1.71. The Labute approximate surface area is 126 Å². The lowest BCUT2D eigenvalue weighted by Gasteiger charge is -2.12. The maximum Gasteiger partial charge on any atom is 0.149 e. The molecule has 20 heavy (non-hydrogen) atoms. The van der Waals surface area contributed by atoms with E-state index in [0.717, 1.165) is 40.3 Å². The molecule has 0 spiro atoms. The summed E-state index contributed by atoms with van der Waals surface area (Å²) in [6.07, 6.45) is 0.965. The molecular formula is C15H16BrN3O. The molecule has 0 saturated heterocycles. The summed E-state index contributed by atoms with van der Waals surface area (Å²) in [6, 6.07) is 7.96. The van der Waals surface area contributed by atoms with E-state index in [1.807, 2.05) is 19.1 Å². The van der Waals surface area contributed by atoms with Gasteiger partial charge in [-0.1, -0.05) is 15.9 Å². The van der Waals surface area contributed by atoms with Gasteiger partial charge in [-0.15, -0.1) is 0 Å². The molecule has 0 bridgehead atoms. The van der Waals surface area contributed by atoms with Crippen LogP contribution >= 0.6 is 15.9 Å². The van der Waals surface area contributed by atoms with Crippen LogP contribution in [0.25, 0.3) is 0 Å². The molecule has 3 N–H and O–H groups in total. The van der Waals surface area contributed by atoms with Crippen LogP contribution < -0.4 is 15.8 Å². The molecule has 1 aliphatic rings. The predicted octanol–water partition coefficient (Wildman–Crippen LogP) is 3.28. The summed E-state index contributed by atoms with van der Waals surface area (Å²) in [6.45, 7) is 3.34. The zero-order chi connectivity index (χ0) is 14.1. The van der Waals surface area contributed by atoms with Crippen molar-refractivity contribution in [1.29, 1.82) is 0 Å². The number of aryl methyl sites for hydroxylation is 1. The minimum absolute atomic E-state index is 0.641. The number of pyridine rings is 1. The Balaban J connectivity index is 1.84. The summed E-state index contributed by atoms with van der Waals surface area (Å²) in [4.78, 5) is 4.42. The Morgan fingerprint density at radius 2 is 2.25 bits per heavy atom. The zero-order valence-electron chi connectivity index (χ0n) is 11.2. The summed E-state index contributed by atoms with van der Waals surface area (Å²) in [5.41, 5.74) is 9.90. The minimum atomic E-state index is 0.641. The zero-order valence-corrected chi connectivity index (χ0v) is 12.8. The van der Waals surface area contributed by atoms with Crippen LogP contribution in [-0.4, -0.2) is 11.6 Å². The lowest BCUT2D eigenvalue weighted by atomic mass is 10.1. The highest BCUT2D eigenvalue weighted by atomic mass is 79.9. The van der Waals surface area contributed by atoms with E-state index in [0.29, 0.717) is 12.2 Å². The fourth-order valence-corrected chi connectivity index (χ4v) is 2.92. The van der Waals surface area contributed by atoms with Crippen molar-refractivity contribution in [3.8, 4) is 5.75 Å². The van der Waals surface area contributed by atoms with Crippen molar-refractivity contribution in [2.75, 3.05) is 17.7 Å². The first kappa shape index (κ1) is 13.2. The van der Waals surface area contributed by atoms with Gasteiger partial charge in [0.1, 0.15) is 11.6 Å². The molecule has 3 rings (SSSR count). The normalized spacial score (nSPS) is 12.9. The molecule has 0 fully saturated rings. The highest BCUT2D eigenvalue weighted by Crippen LogP contribution is 2.33. The van der Waals surface area contributed by atoms with Gasteiger partial charge in [0.05, 0.1) is 12.3 Å². The Bertz CT molecular complexity index is 658. The molecule has 0 amide bonds. The molecule has 1 aromatic carbocycles. The molecule has 1 aliphatic heterocycles. The SMILES string of the molecule is Cc1ccc(N)c(NCc2cc(Br)cc3c2OCC3)n1. The third-order valence-electron chi connectivity index (χ3n) is 3.34. The van der Waals surface area contributed by atoms with E-state index in [9.17, 15) is 0 Å². The first-order valence-corrected chi connectivity index (χ1v) is 7.34. The number of rotatable bonds is 3. The van der Waals surface area contributed by atoms with Crippen LogP contribution in [0.5, 0.6) is 5.75 Å². The maximum absolute atomic E-state index is 5.93. The highest BCUT2D eigenvalue weighted by Gasteiger charge is 2.17. The number of hydrogen-bond donors (Lipinski definition) is 2. The summed E-state index contributed by atoms with van der Waals surface area (Å²) < 4.78 is 6.79. The second kappa shape index (κ2) is 5.32. The van der Waals surface area contributed by atoms with E-state index in [-0.39, 0.29) is 0 Å². The van der Waals surface area contributed by atoms with Gasteiger partial charge in [-0.25, -0.2) is 4.98 Å². The van der Waals surface area contributed by atoms with Crippen molar-refractivity contribution in [2.45, 2.75) is 19.9 Å². The number of nitrogens with zero attached hydrogens (tertiary/aromatic N) is 1. The molecule has 5 heteroatoms. The third-order valence-corrected chi connectivity index (χ3v) is 3.80. The van der Waals surface area contributed by atoms with Gasteiger partial charge in [0.2, 0.25) is 0 Å². The second-order valence-electron chi connectivity index (χ2n) is 4.90. The van der Waals surface area contributed by atoms with Gasteiger partial charge in [-0.05, 0) is 36.8 Å². The van der Waals surface area contributed by atoms with Gasteiger partial charge >= 0.3 is 0 Å². The van der Waals surface area contributed by atoms with Crippen molar-refractivity contribution in [1.82, 2.24) is 4.98 Å². The summed E-state index contributed by atoms with van der Waals surface area (Å²) in [7, 11) is 0. The number of hydrogen-bond acceptors (Lipinski definition) is 4. The third kappa shape index (κ3) is 2.58. The molecule has 1 aromatic heterocycles. The second-order valence-corrected chi connectivity index (χ2v) is 5.81. The summed E-state index contributed by atoms with van der Waals surface area (Å²) >= 11 is 3.54. The lowest BCUT2D eigenvalue weighted by Crippen LogP contribution is -2.06. The molecule has 0 saturated carbocycles. The van der Waals surface area contributed by atoms with E-state index in [2.05, 4.69) is 38.4 Å². The molecule has 4 nitrogen and oxygen atoms in total. The number of anilines is 2. The molecule has 0 unspecified atom stereocenters. The molecule has 2 heterocycles. The largest absolute Gasteiger partial charge is 0.493 e. The predicted molar refractivity (Wildman–Crippen MR) is 84.1 cm³/mol. The van der Waals surface area contributed by atoms with E-state index in [1.54, 1.807) is 0 Å². The number of halogens is 1. The average molecular weight is 334 g/mol. The van der Waals surface area contributed by atoms with E-state index >= 15 is 0 Å². The standard InChI is InChI=1S/C15H16BrN3O/c1-9-2-3-13(17)15(19-9)18-8-11-7-12(16)6-10-4-5-20-14(10)11/h2-3,6-7H,4-5,8,17H2,1H3,(H,18,19). The topological polar surface area (TPSA) is 60.2 Å². The van der Waals surface area contributed by atoms with E-state index in [4.69, 9.17) is 10.5 Å². The van der Waals surface area contributed by atoms with Crippen molar-refractivity contribution in [3.05, 3.63) is 45.6 Å². The van der Waals surface area contributed by atoms with Crippen LogP contribution in [0.4, 0.5) is 11.5 Å². The first-order valence-electron chi connectivity index (χ1n) is 6.54. The molecule has 2 aromatic rings. The van der Waals surface area contributed by atoms with Gasteiger partial charge in [-0.2, -0.15) is 0 Å². The highest BCUT2D eigenvalue weighted by molar-refractivity contribution is 9.10. The van der Waals surface area contributed by atoms with Crippen LogP contribution in [0, 0.1) is 6.92 Å². The number of nitrogens with two attached hydrogens (primary N) is 1. The number of ether oxygens (including phenoxy) is 1. The molecule has 0 atom stereocenters. The fourth-order valence-electron chi connectivity index (χ4n) is 2.37. The monoisotopic (exact) mass is 333 g/mol. The Morgan fingerprint density at radius 1 is 1.40 bits per heavy atom. The van der Waals surface area contributed by atoms with Crippen LogP contribution in [-0.2, 0) is 13.0 Å². The van der Waals surface area contributed by atoms with Crippen LogP contribution in [0.2, 0.25) is 0 Å². The summed E-state index contributed by atoms with van der Waals surface area (Å²) in [5, 5.41) is 3.29. The number of aromatic nitrogens is 1. The fraction of sp³-hybridized carbons (Fsp3) is 0.267. The smallest absolute Gasteiger partial charge is 0.149 e. The van der Waals surface area contributed by atoms with E-state index < -0.39 is 0 Å². The van der Waals surface area contributed by atoms with Gasteiger partial charge < -0.3 is 15.8 Å². The van der Waals surface area contributed by atoms with Crippen LogP contribution in [0.15, 0.2) is 28.7 Å². The number of fused-ring (bicyclic) bond motifs is 1. The van der Waals surface area contributed by atoms with Crippen molar-refractivity contribution >= 4 is 27.4 Å². The molecule has 104 valence electrons. The van der Waals surface area contributed by atoms with Gasteiger partial charge in [0.25, 0.3) is 0 Å². The van der Waals surface area contributed by atoms with Crippen LogP contribution in [0.3, 0.4) is 0 Å². The quantitative estimate of drug-likeness (QED) is 0.904. The van der Waals surface area contributed by atoms with Crippen molar-refractivity contribution in [3.63, 3.8) is 0 Å². The average Bonchev–Trinajstić information content (AvgIpc) is 2.87. The first-order chi connectivity index (χ1) is 9.63. The Morgan fingerprint density at radius 3 is 3.10 bits per heavy atom. The Hall–Kier alpha value is -1.75. The number of nitrogen functional groups attached to an aromatic ring is 1. The minimum Gasteiger partial charge on any atom is -0.493 e. The molecular weight excluding hydrogens is 318 g/mol. The van der Waals surface area contributed by atoms with Gasteiger partial charge in [-0.3, -0.25) is 0 Å². The number of benzene rings is 1. The van der Waals surface area contributed by atoms with Crippen molar-refractivity contribution in [2.24, 2.45) is 0 Å². The Kier molecular flexibility index (Phi) is 3.53. The maximum atomic E-state index is 5.93. The lowest BCUT2D eigenvalue weighted by molar-refractivity contribution is 0.354. The van der Waals surface area contributed by atoms with Gasteiger partial charge in [0, 0.05) is 28.7 Å². The van der Waals surface area contributed by atoms with Crippen molar-refractivity contribution < 1.29 is 4.74 Å². The van der Waals surface area contributed by atoms with Gasteiger partial charge in [0.15, 0.2) is 0 Å². The number of nitrogens with one attached hydrogen (secondary N) is 1. The molecule has 0 aliphatic carbocycles.